The van der Waals surface area contributed by atoms with Crippen LogP contribution < -0.4 is 14.4 Å². The van der Waals surface area contributed by atoms with Gasteiger partial charge in [0.05, 0.1) is 22.6 Å². The van der Waals surface area contributed by atoms with Gasteiger partial charge in [-0.1, -0.05) is 49.1 Å². The fraction of sp³-hybridized carbons (Fsp3) is 0.375. The number of ether oxygens (including phenoxy) is 1. The number of benzene rings is 3. The van der Waals surface area contributed by atoms with E-state index >= 15 is 0 Å². The predicted octanol–water partition coefficient (Wildman–Crippen LogP) is 5.63. The van der Waals surface area contributed by atoms with Crippen molar-refractivity contribution in [3.8, 4) is 5.75 Å². The standard InChI is InChI=1S/C32H37ClN4O7S/c1-22-9-18-29(19-30(22)37(40)41)45(42,43)36(27-14-16-28(44-3)17-15-27)21-31(38)35(20-24-10-12-25(33)13-11-24)23(2)32(39)34-26-7-5-4-6-8-26/h9-19,23,26H,4-8,20-21H2,1-3H3,(H,34,39)/t23-/m0/s1. The molecule has 1 aliphatic carbocycles. The van der Waals surface area contributed by atoms with Crippen LogP contribution in [0.3, 0.4) is 0 Å². The molecule has 13 heteroatoms. The van der Waals surface area contributed by atoms with Crippen molar-refractivity contribution in [3.63, 3.8) is 0 Å². The molecule has 1 fully saturated rings. The second-order valence-corrected chi connectivity index (χ2v) is 13.4. The number of hydrogen-bond acceptors (Lipinski definition) is 7. The lowest BCUT2D eigenvalue weighted by Gasteiger charge is -2.33. The molecule has 0 aliphatic heterocycles. The first kappa shape index (κ1) is 33.7. The van der Waals surface area contributed by atoms with E-state index in [0.717, 1.165) is 42.5 Å². The highest BCUT2D eigenvalue weighted by Crippen LogP contribution is 2.30. The lowest BCUT2D eigenvalue weighted by molar-refractivity contribution is -0.385. The number of nitrogens with one attached hydrogen (secondary N) is 1. The van der Waals surface area contributed by atoms with Gasteiger partial charge in [-0.05, 0) is 74.7 Å². The lowest BCUT2D eigenvalue weighted by atomic mass is 9.95. The monoisotopic (exact) mass is 656 g/mol. The highest BCUT2D eigenvalue weighted by Gasteiger charge is 2.34. The van der Waals surface area contributed by atoms with Gasteiger partial charge in [0.2, 0.25) is 11.8 Å². The number of halogens is 1. The maximum Gasteiger partial charge on any atom is 0.273 e. The van der Waals surface area contributed by atoms with Crippen LogP contribution in [0.2, 0.25) is 5.02 Å². The molecule has 0 bridgehead atoms. The van der Waals surface area contributed by atoms with E-state index in [1.807, 2.05) is 0 Å². The van der Waals surface area contributed by atoms with Crippen molar-refractivity contribution >= 4 is 44.8 Å². The quantitative estimate of drug-likeness (QED) is 0.197. The van der Waals surface area contributed by atoms with Crippen LogP contribution in [0.15, 0.2) is 71.6 Å². The van der Waals surface area contributed by atoms with Gasteiger partial charge in [-0.3, -0.25) is 24.0 Å². The highest BCUT2D eigenvalue weighted by atomic mass is 35.5. The number of nitro benzene ring substituents is 1. The number of carbonyl (C=O) groups is 2. The average Bonchev–Trinajstić information content (AvgIpc) is 3.03. The summed E-state index contributed by atoms with van der Waals surface area (Å²) in [5, 5.41) is 15.2. The van der Waals surface area contributed by atoms with Gasteiger partial charge >= 0.3 is 0 Å². The maximum atomic E-state index is 14.1. The molecular formula is C32H37ClN4O7S. The molecule has 1 aliphatic rings. The molecule has 240 valence electrons. The smallest absolute Gasteiger partial charge is 0.273 e. The molecule has 3 aromatic carbocycles. The zero-order valence-corrected chi connectivity index (χ0v) is 27.0. The Morgan fingerprint density at radius 3 is 2.29 bits per heavy atom. The van der Waals surface area contributed by atoms with E-state index in [9.17, 15) is 28.1 Å². The van der Waals surface area contributed by atoms with Crippen molar-refractivity contribution in [2.45, 2.75) is 69.5 Å². The minimum Gasteiger partial charge on any atom is -0.497 e. The molecule has 4 rings (SSSR count). The Bertz CT molecular complexity index is 1630. The number of methoxy groups -OCH3 is 1. The molecule has 0 radical (unpaired) electrons. The second kappa shape index (κ2) is 14.7. The van der Waals surface area contributed by atoms with Crippen molar-refractivity contribution in [1.82, 2.24) is 10.2 Å². The molecular weight excluding hydrogens is 620 g/mol. The van der Waals surface area contributed by atoms with Crippen LogP contribution in [0, 0.1) is 17.0 Å². The van der Waals surface area contributed by atoms with Gasteiger partial charge in [-0.15, -0.1) is 0 Å². The van der Waals surface area contributed by atoms with E-state index in [1.165, 1.54) is 43.2 Å². The summed E-state index contributed by atoms with van der Waals surface area (Å²) in [4.78, 5) is 39.6. The fourth-order valence-electron chi connectivity index (χ4n) is 5.29. The van der Waals surface area contributed by atoms with Crippen LogP contribution in [0.25, 0.3) is 0 Å². The first-order valence-corrected chi connectivity index (χ1v) is 16.5. The van der Waals surface area contributed by atoms with Gasteiger partial charge in [-0.2, -0.15) is 0 Å². The van der Waals surface area contributed by atoms with Crippen molar-refractivity contribution in [2.24, 2.45) is 0 Å². The van der Waals surface area contributed by atoms with Crippen molar-refractivity contribution < 1.29 is 27.7 Å². The normalized spacial score (nSPS) is 14.3. The largest absolute Gasteiger partial charge is 0.497 e. The zero-order valence-electron chi connectivity index (χ0n) is 25.4. The number of aryl methyl sites for hydroxylation is 1. The van der Waals surface area contributed by atoms with Gasteiger partial charge in [0.1, 0.15) is 18.3 Å². The third-order valence-corrected chi connectivity index (χ3v) is 10.0. The Morgan fingerprint density at radius 2 is 1.69 bits per heavy atom. The van der Waals surface area contributed by atoms with Crippen LogP contribution in [0.5, 0.6) is 5.75 Å². The molecule has 0 unspecified atom stereocenters. The molecule has 45 heavy (non-hydrogen) atoms. The fourth-order valence-corrected chi connectivity index (χ4v) is 6.85. The van der Waals surface area contributed by atoms with Crippen LogP contribution in [0.4, 0.5) is 11.4 Å². The van der Waals surface area contributed by atoms with Crippen LogP contribution in [0.1, 0.15) is 50.2 Å². The van der Waals surface area contributed by atoms with E-state index in [4.69, 9.17) is 16.3 Å². The number of carbonyl (C=O) groups excluding carboxylic acids is 2. The van der Waals surface area contributed by atoms with Gasteiger partial charge in [0.25, 0.3) is 15.7 Å². The zero-order chi connectivity index (χ0) is 32.7. The second-order valence-electron chi connectivity index (χ2n) is 11.1. The Kier molecular flexibility index (Phi) is 11.1. The summed E-state index contributed by atoms with van der Waals surface area (Å²) >= 11 is 6.07. The third kappa shape index (κ3) is 8.31. The third-order valence-electron chi connectivity index (χ3n) is 7.99. The Hall–Kier alpha value is -4.16. The number of nitrogens with zero attached hydrogens (tertiary/aromatic N) is 3. The first-order chi connectivity index (χ1) is 21.4. The lowest BCUT2D eigenvalue weighted by Crippen LogP contribution is -2.53. The molecule has 0 spiro atoms. The minimum absolute atomic E-state index is 0.00897. The molecule has 1 atom stereocenters. The van der Waals surface area contributed by atoms with Gasteiger partial charge in [0, 0.05) is 29.2 Å². The number of nitro groups is 1. The summed E-state index contributed by atoms with van der Waals surface area (Å²) in [6.07, 6.45) is 4.85. The van der Waals surface area contributed by atoms with E-state index in [2.05, 4.69) is 5.32 Å². The number of anilines is 1. The molecule has 1 saturated carbocycles. The summed E-state index contributed by atoms with van der Waals surface area (Å²) in [6.45, 7) is 2.46. The Balaban J connectivity index is 1.72. The van der Waals surface area contributed by atoms with Crippen LogP contribution in [-0.4, -0.2) is 55.8 Å². The summed E-state index contributed by atoms with van der Waals surface area (Å²) in [6, 6.07) is 15.5. The topological polar surface area (TPSA) is 139 Å². The Labute approximate surface area is 268 Å². The number of amides is 2. The number of hydrogen-bond donors (Lipinski definition) is 1. The SMILES string of the molecule is COc1ccc(N(CC(=O)N(Cc2ccc(Cl)cc2)[C@@H](C)C(=O)NC2CCCCC2)S(=O)(=O)c2ccc(C)c([N+](=O)[O-])c2)cc1. The van der Waals surface area contributed by atoms with Gasteiger partial charge in [0.15, 0.2) is 0 Å². The van der Waals surface area contributed by atoms with Gasteiger partial charge < -0.3 is 15.0 Å². The Morgan fingerprint density at radius 1 is 1.04 bits per heavy atom. The molecule has 0 saturated heterocycles. The van der Waals surface area contributed by atoms with Crippen molar-refractivity contribution in [3.05, 3.63) is 93.0 Å². The highest BCUT2D eigenvalue weighted by molar-refractivity contribution is 7.92. The molecule has 3 aromatic rings. The molecule has 0 heterocycles. The first-order valence-electron chi connectivity index (χ1n) is 14.7. The van der Waals surface area contributed by atoms with Crippen molar-refractivity contribution in [2.75, 3.05) is 18.0 Å². The van der Waals surface area contributed by atoms with Crippen LogP contribution >= 0.6 is 11.6 Å². The molecule has 1 N–H and O–H groups in total. The number of sulfonamides is 1. The summed E-state index contributed by atoms with van der Waals surface area (Å²) < 4.78 is 34.3. The predicted molar refractivity (Wildman–Crippen MR) is 172 cm³/mol. The maximum absolute atomic E-state index is 14.1. The van der Waals surface area contributed by atoms with E-state index in [-0.39, 0.29) is 40.3 Å². The van der Waals surface area contributed by atoms with Crippen LogP contribution in [-0.2, 0) is 26.2 Å². The van der Waals surface area contributed by atoms with Gasteiger partial charge in [-0.25, -0.2) is 8.42 Å². The number of rotatable bonds is 12. The van der Waals surface area contributed by atoms with E-state index < -0.39 is 33.4 Å². The molecule has 0 aromatic heterocycles. The van der Waals surface area contributed by atoms with E-state index in [1.54, 1.807) is 43.3 Å². The summed E-state index contributed by atoms with van der Waals surface area (Å²) in [7, 11) is -3.03. The summed E-state index contributed by atoms with van der Waals surface area (Å²) in [5.41, 5.74) is 0.753. The average molecular weight is 657 g/mol. The summed E-state index contributed by atoms with van der Waals surface area (Å²) in [5.74, 6) is -0.514. The molecule has 11 nitrogen and oxygen atoms in total. The molecule has 2 amide bonds. The van der Waals surface area contributed by atoms with Crippen molar-refractivity contribution in [1.29, 1.82) is 0 Å². The van der Waals surface area contributed by atoms with E-state index in [0.29, 0.717) is 16.3 Å². The minimum atomic E-state index is -4.50.